The number of hydrogen-bond acceptors (Lipinski definition) is 5. The monoisotopic (exact) mass is 297 g/mol. The van der Waals surface area contributed by atoms with Crippen molar-refractivity contribution in [1.82, 2.24) is 15.3 Å². The molecule has 1 amide bonds. The highest BCUT2D eigenvalue weighted by molar-refractivity contribution is 6.03. The molecule has 114 valence electrons. The number of aromatic nitrogens is 2. The number of aryl methyl sites for hydroxylation is 1. The predicted octanol–water partition coefficient (Wildman–Crippen LogP) is 1.45. The van der Waals surface area contributed by atoms with E-state index < -0.39 is 0 Å². The van der Waals surface area contributed by atoms with Gasteiger partial charge in [0.15, 0.2) is 0 Å². The molecule has 2 N–H and O–H groups in total. The van der Waals surface area contributed by atoms with Crippen LogP contribution in [0, 0.1) is 6.92 Å². The Kier molecular flexibility index (Phi) is 4.29. The van der Waals surface area contributed by atoms with Gasteiger partial charge in [-0.3, -0.25) is 9.78 Å². The number of piperazine rings is 1. The minimum absolute atomic E-state index is 0.236. The molecule has 22 heavy (non-hydrogen) atoms. The van der Waals surface area contributed by atoms with E-state index in [1.54, 1.807) is 12.4 Å². The largest absolute Gasteiger partial charge is 0.368 e. The summed E-state index contributed by atoms with van der Waals surface area (Å²) < 4.78 is 0. The normalized spacial score (nSPS) is 14.7. The first-order valence-corrected chi connectivity index (χ1v) is 7.39. The molecule has 1 aliphatic rings. The Morgan fingerprint density at radius 1 is 1.23 bits per heavy atom. The zero-order valence-electron chi connectivity index (χ0n) is 12.5. The Balaban J connectivity index is 1.68. The summed E-state index contributed by atoms with van der Waals surface area (Å²) in [5.41, 5.74) is 2.35. The van der Waals surface area contributed by atoms with Crippen molar-refractivity contribution in [3.05, 3.63) is 47.9 Å². The maximum atomic E-state index is 12.2. The van der Waals surface area contributed by atoms with Crippen molar-refractivity contribution in [2.45, 2.75) is 6.92 Å². The van der Waals surface area contributed by atoms with Gasteiger partial charge in [-0.05, 0) is 30.7 Å². The third kappa shape index (κ3) is 3.23. The van der Waals surface area contributed by atoms with Crippen LogP contribution in [0.5, 0.6) is 0 Å². The van der Waals surface area contributed by atoms with Gasteiger partial charge in [0.1, 0.15) is 11.5 Å². The molecule has 3 heterocycles. The van der Waals surface area contributed by atoms with Gasteiger partial charge in [-0.2, -0.15) is 0 Å². The van der Waals surface area contributed by atoms with Crippen molar-refractivity contribution in [3.63, 3.8) is 0 Å². The second kappa shape index (κ2) is 6.53. The molecular weight excluding hydrogens is 278 g/mol. The van der Waals surface area contributed by atoms with E-state index in [4.69, 9.17) is 0 Å². The molecule has 3 rings (SSSR count). The summed E-state index contributed by atoms with van der Waals surface area (Å²) in [6.07, 6.45) is 3.41. The zero-order valence-corrected chi connectivity index (χ0v) is 12.5. The number of rotatable bonds is 3. The number of nitrogens with zero attached hydrogens (tertiary/aromatic N) is 3. The first-order chi connectivity index (χ1) is 10.7. The van der Waals surface area contributed by atoms with Gasteiger partial charge >= 0.3 is 0 Å². The summed E-state index contributed by atoms with van der Waals surface area (Å²) in [6.45, 7) is 5.78. The molecule has 0 atom stereocenters. The second-order valence-electron chi connectivity index (χ2n) is 5.26. The van der Waals surface area contributed by atoms with Crippen molar-refractivity contribution in [3.8, 4) is 0 Å². The molecular formula is C16H19N5O. The molecule has 6 heteroatoms. The Labute approximate surface area is 129 Å². The van der Waals surface area contributed by atoms with Crippen LogP contribution >= 0.6 is 0 Å². The number of amides is 1. The van der Waals surface area contributed by atoms with Gasteiger partial charge in [-0.15, -0.1) is 0 Å². The van der Waals surface area contributed by atoms with Crippen molar-refractivity contribution in [2.24, 2.45) is 0 Å². The van der Waals surface area contributed by atoms with Crippen LogP contribution in [0.1, 0.15) is 16.1 Å². The Morgan fingerprint density at radius 2 is 2.05 bits per heavy atom. The van der Waals surface area contributed by atoms with E-state index in [0.29, 0.717) is 11.5 Å². The van der Waals surface area contributed by atoms with E-state index in [2.05, 4.69) is 25.5 Å². The van der Waals surface area contributed by atoms with Crippen LogP contribution in [0.15, 0.2) is 36.7 Å². The fourth-order valence-corrected chi connectivity index (χ4v) is 2.47. The van der Waals surface area contributed by atoms with Crippen LogP contribution in [-0.4, -0.2) is 42.1 Å². The predicted molar refractivity (Wildman–Crippen MR) is 86.2 cm³/mol. The van der Waals surface area contributed by atoms with E-state index in [0.717, 1.165) is 37.4 Å². The third-order valence-corrected chi connectivity index (χ3v) is 3.70. The van der Waals surface area contributed by atoms with E-state index in [-0.39, 0.29) is 5.91 Å². The summed E-state index contributed by atoms with van der Waals surface area (Å²) >= 11 is 0. The smallest absolute Gasteiger partial charge is 0.275 e. The van der Waals surface area contributed by atoms with Gasteiger partial charge in [0.25, 0.3) is 5.91 Å². The quantitative estimate of drug-likeness (QED) is 0.897. The van der Waals surface area contributed by atoms with Gasteiger partial charge in [0.2, 0.25) is 0 Å². The number of pyridine rings is 2. The summed E-state index contributed by atoms with van der Waals surface area (Å²) in [5, 5.41) is 6.11. The Hall–Kier alpha value is -2.47. The van der Waals surface area contributed by atoms with Crippen LogP contribution in [0.4, 0.5) is 11.5 Å². The molecule has 1 aliphatic heterocycles. The highest BCUT2D eigenvalue weighted by Gasteiger charge is 2.13. The van der Waals surface area contributed by atoms with Gasteiger partial charge in [-0.1, -0.05) is 6.07 Å². The van der Waals surface area contributed by atoms with E-state index in [1.807, 2.05) is 31.2 Å². The number of carbonyl (C=O) groups excluding carboxylic acids is 1. The minimum Gasteiger partial charge on any atom is -0.368 e. The molecule has 1 saturated heterocycles. The average molecular weight is 297 g/mol. The number of nitrogens with one attached hydrogen (secondary N) is 2. The minimum atomic E-state index is -0.236. The molecule has 0 radical (unpaired) electrons. The molecule has 0 aromatic carbocycles. The van der Waals surface area contributed by atoms with Crippen molar-refractivity contribution >= 4 is 17.4 Å². The first-order valence-electron chi connectivity index (χ1n) is 7.39. The van der Waals surface area contributed by atoms with Gasteiger partial charge in [-0.25, -0.2) is 4.98 Å². The Bertz CT molecular complexity index is 650. The number of carbonyl (C=O) groups is 1. The molecule has 2 aromatic heterocycles. The van der Waals surface area contributed by atoms with E-state index >= 15 is 0 Å². The average Bonchev–Trinajstić information content (AvgIpc) is 2.57. The van der Waals surface area contributed by atoms with Crippen LogP contribution < -0.4 is 15.5 Å². The number of anilines is 2. The third-order valence-electron chi connectivity index (χ3n) is 3.70. The highest BCUT2D eigenvalue weighted by Crippen LogP contribution is 2.16. The topological polar surface area (TPSA) is 70.2 Å². The summed E-state index contributed by atoms with van der Waals surface area (Å²) in [4.78, 5) is 22.9. The van der Waals surface area contributed by atoms with E-state index in [9.17, 15) is 4.79 Å². The molecule has 0 bridgehead atoms. The SMILES string of the molecule is Cc1cccnc1C(=O)Nc1ccc(N2CCNCC2)cn1. The van der Waals surface area contributed by atoms with Crippen molar-refractivity contribution in [1.29, 1.82) is 0 Å². The van der Waals surface area contributed by atoms with E-state index in [1.165, 1.54) is 0 Å². The van der Waals surface area contributed by atoms with Crippen molar-refractivity contribution in [2.75, 3.05) is 36.4 Å². The van der Waals surface area contributed by atoms with Crippen LogP contribution in [0.2, 0.25) is 0 Å². The molecule has 0 saturated carbocycles. The summed E-state index contributed by atoms with van der Waals surface area (Å²) in [5.74, 6) is 0.300. The molecule has 1 fully saturated rings. The Morgan fingerprint density at radius 3 is 2.73 bits per heavy atom. The fraction of sp³-hybridized carbons (Fsp3) is 0.312. The lowest BCUT2D eigenvalue weighted by Crippen LogP contribution is -2.43. The maximum absolute atomic E-state index is 12.2. The molecule has 6 nitrogen and oxygen atoms in total. The maximum Gasteiger partial charge on any atom is 0.275 e. The molecule has 0 aliphatic carbocycles. The lowest BCUT2D eigenvalue weighted by molar-refractivity contribution is 0.102. The van der Waals surface area contributed by atoms with Gasteiger partial charge < -0.3 is 15.5 Å². The van der Waals surface area contributed by atoms with Crippen molar-refractivity contribution < 1.29 is 4.79 Å². The highest BCUT2D eigenvalue weighted by atomic mass is 16.1. The lowest BCUT2D eigenvalue weighted by Gasteiger charge is -2.29. The van der Waals surface area contributed by atoms with Crippen LogP contribution in [0.3, 0.4) is 0 Å². The molecule has 2 aromatic rings. The van der Waals surface area contributed by atoms with Crippen LogP contribution in [-0.2, 0) is 0 Å². The summed E-state index contributed by atoms with van der Waals surface area (Å²) in [7, 11) is 0. The lowest BCUT2D eigenvalue weighted by atomic mass is 10.2. The number of hydrogen-bond donors (Lipinski definition) is 2. The second-order valence-corrected chi connectivity index (χ2v) is 5.26. The standard InChI is InChI=1S/C16H19N5O/c1-12-3-2-6-18-15(12)16(22)20-14-5-4-13(11-19-14)21-9-7-17-8-10-21/h2-6,11,17H,7-10H2,1H3,(H,19,20,22). The zero-order chi connectivity index (χ0) is 15.4. The first kappa shape index (κ1) is 14.5. The fourth-order valence-electron chi connectivity index (χ4n) is 2.47. The summed E-state index contributed by atoms with van der Waals surface area (Å²) in [6, 6.07) is 7.49. The van der Waals surface area contributed by atoms with Crippen LogP contribution in [0.25, 0.3) is 0 Å². The van der Waals surface area contributed by atoms with Gasteiger partial charge in [0, 0.05) is 32.4 Å². The molecule has 0 unspecified atom stereocenters. The van der Waals surface area contributed by atoms with Gasteiger partial charge in [0.05, 0.1) is 11.9 Å². The molecule has 0 spiro atoms.